The lowest BCUT2D eigenvalue weighted by molar-refractivity contribution is -0.142. The van der Waals surface area contributed by atoms with Crippen molar-refractivity contribution >= 4 is 109 Å². The number of carbonyl (C=O) groups excluding carboxylic acids is 8. The Balaban J connectivity index is 1.34. The molecule has 23 nitrogen and oxygen atoms in total. The van der Waals surface area contributed by atoms with E-state index in [2.05, 4.69) is 63.8 Å². The summed E-state index contributed by atoms with van der Waals surface area (Å²) in [6.07, 6.45) is 1.09. The van der Waals surface area contributed by atoms with Crippen LogP contribution in [0.4, 0.5) is 35.8 Å². The minimum Gasteiger partial charge on any atom is -0.495 e. The number of nitrogens with two attached hydrogens (primary N) is 1. The number of fused-ring (bicyclic) bond motifs is 5. The van der Waals surface area contributed by atoms with Crippen molar-refractivity contribution in [2.24, 2.45) is 17.6 Å². The van der Waals surface area contributed by atoms with Crippen molar-refractivity contribution in [3.63, 3.8) is 0 Å². The summed E-state index contributed by atoms with van der Waals surface area (Å²) in [5.41, 5.74) is 2.24. The average Bonchev–Trinajstić information content (AvgIpc) is 2.22. The van der Waals surface area contributed by atoms with E-state index in [-0.39, 0.29) is 76.3 Å². The molecular formula is C57H78Br2ClFN8O15. The first-order valence-electron chi connectivity index (χ1n) is 27.5. The van der Waals surface area contributed by atoms with E-state index in [0.717, 1.165) is 29.6 Å². The normalized spacial score (nSPS) is 25.2. The predicted octanol–water partition coefficient (Wildman–Crippen LogP) is 6.87. The van der Waals surface area contributed by atoms with E-state index in [1.165, 1.54) is 32.2 Å². The summed E-state index contributed by atoms with van der Waals surface area (Å²) in [7, 11) is 4.32. The Morgan fingerprint density at radius 1 is 1.05 bits per heavy atom. The lowest BCUT2D eigenvalue weighted by Crippen LogP contribution is -2.63. The molecule has 2 aromatic rings. The van der Waals surface area contributed by atoms with Crippen molar-refractivity contribution in [1.29, 1.82) is 0 Å². The first kappa shape index (κ1) is 69.0. The minimum atomic E-state index is -1.93. The average molecular weight is 1330 g/mol. The van der Waals surface area contributed by atoms with Gasteiger partial charge in [-0.25, -0.2) is 18.8 Å². The second-order valence-corrected chi connectivity index (χ2v) is 23.4. The van der Waals surface area contributed by atoms with Gasteiger partial charge in [0.25, 0.3) is 0 Å². The van der Waals surface area contributed by atoms with Crippen molar-refractivity contribution in [1.82, 2.24) is 21.3 Å². The van der Waals surface area contributed by atoms with Crippen LogP contribution in [0.3, 0.4) is 0 Å². The van der Waals surface area contributed by atoms with Gasteiger partial charge >= 0.3 is 18.2 Å². The fraction of sp³-hybridized carbons (Fsp3) is 0.579. The fourth-order valence-electron chi connectivity index (χ4n) is 10.1. The molecular weight excluding hydrogens is 1250 g/mol. The summed E-state index contributed by atoms with van der Waals surface area (Å²) in [4.78, 5) is 106. The van der Waals surface area contributed by atoms with E-state index in [9.17, 15) is 43.5 Å². The summed E-state index contributed by atoms with van der Waals surface area (Å²) in [5, 5.41) is 28.3. The van der Waals surface area contributed by atoms with Gasteiger partial charge in [-0.2, -0.15) is 0 Å². The molecule has 0 saturated carbocycles. The highest BCUT2D eigenvalue weighted by Gasteiger charge is 2.64. The topological polar surface area (TPSA) is 317 Å². The number of amides is 7. The van der Waals surface area contributed by atoms with Crippen LogP contribution in [0.15, 0.2) is 54.1 Å². The van der Waals surface area contributed by atoms with Crippen LogP contribution in [-0.4, -0.2) is 158 Å². The summed E-state index contributed by atoms with van der Waals surface area (Å²) in [6.45, 7) is 10.6. The molecule has 2 saturated heterocycles. The number of nitrogens with zero attached hydrogens (tertiary/aromatic N) is 1. The van der Waals surface area contributed by atoms with E-state index < -0.39 is 114 Å². The molecule has 0 radical (unpaired) electrons. The van der Waals surface area contributed by atoms with Gasteiger partial charge < -0.3 is 69.7 Å². The number of rotatable bonds is 25. The Morgan fingerprint density at radius 3 is 2.38 bits per heavy atom. The highest BCUT2D eigenvalue weighted by Crippen LogP contribution is 2.49. The maximum absolute atomic E-state index is 16.1. The van der Waals surface area contributed by atoms with Crippen LogP contribution in [0, 0.1) is 17.7 Å². The zero-order valence-electron chi connectivity index (χ0n) is 48.5. The Hall–Kier alpha value is -5.74. The molecule has 0 aliphatic carbocycles. The molecule has 2 aromatic carbocycles. The van der Waals surface area contributed by atoms with Crippen molar-refractivity contribution < 1.29 is 76.3 Å². The number of ether oxygens (including phenoxy) is 6. The number of alkyl carbamates (subject to hydrolysis) is 1. The summed E-state index contributed by atoms with van der Waals surface area (Å²) >= 11 is 13.4. The molecule has 84 heavy (non-hydrogen) atoms. The molecule has 3 aliphatic rings. The molecule has 0 aromatic heterocycles. The van der Waals surface area contributed by atoms with Crippen molar-refractivity contribution in [2.45, 2.75) is 158 Å². The Bertz CT molecular complexity index is 2760. The number of hydrogen-bond donors (Lipinski definition) is 8. The van der Waals surface area contributed by atoms with Crippen LogP contribution in [0.25, 0.3) is 0 Å². The molecule has 11 atom stereocenters. The maximum atomic E-state index is 16.1. The van der Waals surface area contributed by atoms with Gasteiger partial charge in [0, 0.05) is 49.4 Å². The minimum absolute atomic E-state index is 0.0134. The third-order valence-electron chi connectivity index (χ3n) is 15.0. The lowest BCUT2D eigenvalue weighted by Gasteiger charge is -2.42. The molecule has 5 rings (SSSR count). The lowest BCUT2D eigenvalue weighted by atomic mass is 9.83. The van der Waals surface area contributed by atoms with Gasteiger partial charge in [0.2, 0.25) is 17.7 Å². The quantitative estimate of drug-likeness (QED) is 0.0218. The van der Waals surface area contributed by atoms with Crippen molar-refractivity contribution in [2.75, 3.05) is 54.0 Å². The van der Waals surface area contributed by atoms with E-state index in [1.807, 2.05) is 19.9 Å². The van der Waals surface area contributed by atoms with E-state index in [4.69, 9.17) is 45.8 Å². The molecule has 3 heterocycles. The van der Waals surface area contributed by atoms with Crippen LogP contribution >= 0.6 is 43.5 Å². The number of halogens is 4. The Kier molecular flexibility index (Phi) is 25.5. The number of hydrogen-bond acceptors (Lipinski definition) is 16. The summed E-state index contributed by atoms with van der Waals surface area (Å²) in [6, 6.07) is 3.05. The molecule has 27 heteroatoms. The van der Waals surface area contributed by atoms with Crippen molar-refractivity contribution in [3.8, 4) is 5.75 Å². The molecule has 3 aliphatic heterocycles. The van der Waals surface area contributed by atoms with E-state index >= 15 is 4.39 Å². The Morgan fingerprint density at radius 2 is 1.76 bits per heavy atom. The molecule has 2 fully saturated rings. The number of benzene rings is 2. The van der Waals surface area contributed by atoms with Crippen LogP contribution in [0.5, 0.6) is 5.75 Å². The van der Waals surface area contributed by atoms with Gasteiger partial charge in [0.05, 0.1) is 49.2 Å². The monoisotopic (exact) mass is 1330 g/mol. The predicted molar refractivity (Wildman–Crippen MR) is 319 cm³/mol. The van der Waals surface area contributed by atoms with Crippen LogP contribution in [-0.2, 0) is 54.1 Å². The molecule has 0 spiro atoms. The number of allylic oxidation sites excluding steroid dienone is 3. The first-order valence-corrected chi connectivity index (χ1v) is 30.1. The van der Waals surface area contributed by atoms with E-state index in [1.54, 1.807) is 52.0 Å². The zero-order valence-corrected chi connectivity index (χ0v) is 52.5. The zero-order chi connectivity index (χ0) is 62.3. The third-order valence-corrected chi connectivity index (χ3v) is 17.3. The van der Waals surface area contributed by atoms with Gasteiger partial charge in [-0.3, -0.25) is 30.3 Å². The number of anilines is 3. The summed E-state index contributed by atoms with van der Waals surface area (Å²) in [5.74, 6) is -3.74. The molecule has 7 amide bonds. The fourth-order valence-corrected chi connectivity index (χ4v) is 11.9. The smallest absolute Gasteiger partial charge is 0.412 e. The number of urea groups is 1. The highest BCUT2D eigenvalue weighted by molar-refractivity contribution is 9.10. The number of epoxide rings is 1. The van der Waals surface area contributed by atoms with Crippen LogP contribution < -0.4 is 47.3 Å². The van der Waals surface area contributed by atoms with Crippen molar-refractivity contribution in [3.05, 3.63) is 70.5 Å². The number of aldehydes is 2. The van der Waals surface area contributed by atoms with Gasteiger partial charge in [-0.05, 0) is 101 Å². The Labute approximate surface area is 510 Å². The molecule has 464 valence electrons. The molecule has 4 bridgehead atoms. The van der Waals surface area contributed by atoms with Gasteiger partial charge in [-0.15, -0.1) is 0 Å². The SMILES string of the molecule is COc1cc2cc(c1Cl)N(C)C(=O)C[C@H](OC(=O)Nc1ccc(NC(=O)[C@H](CCCNC(N)=O)NC(=O)[C@@H](NC(C=O)CCCC(C)OC(C=O)(CBr)CBr)C(C)C)cc1F)[C@]1(C)O[C@H]1[C@H](C)[C@@H]1C[C@@](O)(NC(=O)O1)[C@H](OC)/C=C/C=C(\C)C2. The first-order chi connectivity index (χ1) is 39.7. The van der Waals surface area contributed by atoms with Crippen LogP contribution in [0.1, 0.15) is 92.1 Å². The number of primary amides is 1. The third kappa shape index (κ3) is 18.4. The van der Waals surface area contributed by atoms with E-state index in [0.29, 0.717) is 32.0 Å². The number of nitrogens with one attached hydrogen (secondary N) is 6. The standard InChI is InChI=1S/C57H78Br2ClFN8O15/c1-31(2)48(64-37(27-70)15-11-14-33(4)83-56(28-58,29-59)30-71)51(74)66-40(16-12-20-63-52(62)75)50(73)65-36-18-19-39(38(61)24-36)67-53(76)82-45-25-46(72)69(7)41-22-35(23-42(79-8)47(41)60)21-32(3)13-10-17-44(80-9)57(78)26-43(81-54(77)68-57)34(5)49-55(45,6)84-49/h10,13,17-19,22-24,27,30-31,33-34,37,40,43-45,48-49,64,78H,11-12,14-16,20-21,25-26,28-29H2,1-9H3,(H,65,73)(H,66,74)(H,67,76)(H,68,77)(H3,62,63,75)/b17-10+,32-13+/t33?,34-,37?,40+,43+,44-,45+,48+,49+,55+,57+/m1/s1. The molecule has 9 N–H and O–H groups in total. The number of carbonyl (C=O) groups is 8. The van der Waals surface area contributed by atoms with Crippen LogP contribution in [0.2, 0.25) is 5.02 Å². The second-order valence-electron chi connectivity index (χ2n) is 21.9. The second kappa shape index (κ2) is 31.1. The highest BCUT2D eigenvalue weighted by atomic mass is 79.9. The maximum Gasteiger partial charge on any atom is 0.412 e. The van der Waals surface area contributed by atoms with Gasteiger partial charge in [0.1, 0.15) is 58.4 Å². The summed E-state index contributed by atoms with van der Waals surface area (Å²) < 4.78 is 51.2. The molecule has 2 unspecified atom stereocenters. The number of alkyl halides is 2. The largest absolute Gasteiger partial charge is 0.495 e. The van der Waals surface area contributed by atoms with Gasteiger partial charge in [-0.1, -0.05) is 88.0 Å². The number of methoxy groups -OCH3 is 2. The van der Waals surface area contributed by atoms with Gasteiger partial charge in [0.15, 0.2) is 12.0 Å². The number of aliphatic hydroxyl groups is 1.